The van der Waals surface area contributed by atoms with E-state index in [0.29, 0.717) is 12.3 Å². The number of aryl methyl sites for hydroxylation is 1. The van der Waals surface area contributed by atoms with Gasteiger partial charge in [-0.25, -0.2) is 0 Å². The number of rotatable bonds is 8. The number of carbonyl (C=O) groups excluding carboxylic acids is 1. The highest BCUT2D eigenvalue weighted by Gasteiger charge is 2.16. The van der Waals surface area contributed by atoms with E-state index >= 15 is 0 Å². The highest BCUT2D eigenvalue weighted by molar-refractivity contribution is 7.99. The smallest absolute Gasteiger partial charge is 0.233 e. The molecule has 0 radical (unpaired) electrons. The summed E-state index contributed by atoms with van der Waals surface area (Å²) in [6.45, 7) is 5.44. The van der Waals surface area contributed by atoms with E-state index in [1.807, 2.05) is 54.9 Å². The lowest BCUT2D eigenvalue weighted by atomic mass is 10.1. The molecule has 0 aliphatic rings. The Bertz CT molecular complexity index is 969. The van der Waals surface area contributed by atoms with Gasteiger partial charge in [-0.1, -0.05) is 36.0 Å². The Morgan fingerprint density at radius 1 is 1.14 bits per heavy atom. The van der Waals surface area contributed by atoms with Crippen molar-refractivity contribution in [2.45, 2.75) is 32.1 Å². The van der Waals surface area contributed by atoms with Crippen molar-refractivity contribution in [1.29, 1.82) is 0 Å². The van der Waals surface area contributed by atoms with Crippen molar-refractivity contribution < 1.29 is 9.53 Å². The minimum Gasteiger partial charge on any atom is -0.497 e. The lowest BCUT2D eigenvalue weighted by Crippen LogP contribution is -2.28. The zero-order chi connectivity index (χ0) is 20.8. The summed E-state index contributed by atoms with van der Waals surface area (Å²) in [5, 5.41) is 9.40. The van der Waals surface area contributed by atoms with Crippen LogP contribution in [0.5, 0.6) is 5.75 Å². The monoisotopic (exact) mass is 410 g/mol. The summed E-state index contributed by atoms with van der Waals surface area (Å²) in [6.07, 6.45) is 0. The molecule has 6 nitrogen and oxygen atoms in total. The average Bonchev–Trinajstić information content (AvgIpc) is 3.16. The molecule has 152 valence electrons. The molecule has 0 unspecified atom stereocenters. The highest BCUT2D eigenvalue weighted by atomic mass is 32.2. The maximum Gasteiger partial charge on any atom is 0.233 e. The second-order valence-electron chi connectivity index (χ2n) is 6.74. The second kappa shape index (κ2) is 9.60. The van der Waals surface area contributed by atoms with Crippen LogP contribution in [0.3, 0.4) is 0 Å². The summed E-state index contributed by atoms with van der Waals surface area (Å²) in [4.78, 5) is 14.4. The van der Waals surface area contributed by atoms with Crippen LogP contribution in [0.1, 0.15) is 18.1 Å². The Labute approximate surface area is 175 Å². The fourth-order valence-corrected chi connectivity index (χ4v) is 3.94. The minimum atomic E-state index is 0.0647. The van der Waals surface area contributed by atoms with E-state index in [2.05, 4.69) is 29.3 Å². The third kappa shape index (κ3) is 4.98. The number of methoxy groups -OCH3 is 1. The fourth-order valence-electron chi connectivity index (χ4n) is 3.00. The first kappa shape index (κ1) is 20.9. The van der Waals surface area contributed by atoms with Gasteiger partial charge in [0, 0.05) is 25.7 Å². The van der Waals surface area contributed by atoms with Crippen molar-refractivity contribution in [3.63, 3.8) is 0 Å². The predicted molar refractivity (Wildman–Crippen MR) is 116 cm³/mol. The molecule has 3 rings (SSSR count). The summed E-state index contributed by atoms with van der Waals surface area (Å²) in [5.41, 5.74) is 3.32. The molecular weight excluding hydrogens is 384 g/mol. The Balaban J connectivity index is 1.66. The van der Waals surface area contributed by atoms with Crippen molar-refractivity contribution in [2.24, 2.45) is 0 Å². The molecule has 0 atom stereocenters. The topological polar surface area (TPSA) is 60.2 Å². The van der Waals surface area contributed by atoms with Crippen LogP contribution in [0.4, 0.5) is 0 Å². The van der Waals surface area contributed by atoms with Gasteiger partial charge < -0.3 is 14.2 Å². The number of benzene rings is 2. The summed E-state index contributed by atoms with van der Waals surface area (Å²) >= 11 is 1.42. The molecule has 2 aromatic carbocycles. The third-order valence-corrected chi connectivity index (χ3v) is 5.75. The molecule has 3 aromatic rings. The Morgan fingerprint density at radius 2 is 1.86 bits per heavy atom. The fraction of sp³-hybridized carbons (Fsp3) is 0.318. The van der Waals surface area contributed by atoms with E-state index in [1.165, 1.54) is 17.3 Å². The number of nitrogens with zero attached hydrogens (tertiary/aromatic N) is 4. The van der Waals surface area contributed by atoms with Gasteiger partial charge in [-0.15, -0.1) is 10.2 Å². The minimum absolute atomic E-state index is 0.0647. The van der Waals surface area contributed by atoms with Crippen LogP contribution >= 0.6 is 11.8 Å². The number of hydrogen-bond acceptors (Lipinski definition) is 5. The van der Waals surface area contributed by atoms with E-state index in [0.717, 1.165) is 34.4 Å². The normalized spacial score (nSPS) is 10.8. The molecule has 0 aliphatic heterocycles. The van der Waals surface area contributed by atoms with Gasteiger partial charge in [0.1, 0.15) is 5.75 Å². The first-order chi connectivity index (χ1) is 14.0. The molecule has 0 fully saturated rings. The Hall–Kier alpha value is -2.80. The molecule has 0 bridgehead atoms. The molecule has 0 aliphatic carbocycles. The standard InChI is InChI=1S/C22H26N4O2S/c1-5-26-21(17-10-12-19(28-4)13-11-17)23-24-22(26)29-15-20(27)25(3)14-18-9-7-6-8-16(18)2/h6-13H,5,14-15H2,1-4H3. The van der Waals surface area contributed by atoms with E-state index in [4.69, 9.17) is 4.74 Å². The van der Waals surface area contributed by atoms with Gasteiger partial charge in [0.2, 0.25) is 5.91 Å². The largest absolute Gasteiger partial charge is 0.497 e. The van der Waals surface area contributed by atoms with Crippen LogP contribution in [-0.4, -0.2) is 45.5 Å². The zero-order valence-corrected chi connectivity index (χ0v) is 18.1. The molecule has 29 heavy (non-hydrogen) atoms. The molecule has 0 spiro atoms. The van der Waals surface area contributed by atoms with Crippen LogP contribution in [0, 0.1) is 6.92 Å². The second-order valence-corrected chi connectivity index (χ2v) is 7.69. The quantitative estimate of drug-likeness (QED) is 0.525. The van der Waals surface area contributed by atoms with E-state index in [9.17, 15) is 4.79 Å². The molecular formula is C22H26N4O2S. The zero-order valence-electron chi connectivity index (χ0n) is 17.3. The first-order valence-corrected chi connectivity index (χ1v) is 10.5. The Morgan fingerprint density at radius 3 is 2.52 bits per heavy atom. The molecule has 0 saturated carbocycles. The van der Waals surface area contributed by atoms with E-state index < -0.39 is 0 Å². The number of thioether (sulfide) groups is 1. The third-order valence-electron chi connectivity index (χ3n) is 4.80. The summed E-state index contributed by atoms with van der Waals surface area (Å²) < 4.78 is 7.24. The van der Waals surface area contributed by atoms with Gasteiger partial charge in [-0.05, 0) is 49.2 Å². The van der Waals surface area contributed by atoms with Crippen molar-refractivity contribution in [1.82, 2.24) is 19.7 Å². The van der Waals surface area contributed by atoms with Gasteiger partial charge in [0.05, 0.1) is 12.9 Å². The van der Waals surface area contributed by atoms with Crippen molar-refractivity contribution in [3.8, 4) is 17.1 Å². The van der Waals surface area contributed by atoms with E-state index in [-0.39, 0.29) is 5.91 Å². The molecule has 0 saturated heterocycles. The number of hydrogen-bond donors (Lipinski definition) is 0. The van der Waals surface area contributed by atoms with Crippen LogP contribution in [0.15, 0.2) is 53.7 Å². The van der Waals surface area contributed by atoms with Crippen LogP contribution < -0.4 is 4.74 Å². The maximum atomic E-state index is 12.6. The number of aromatic nitrogens is 3. The Kier molecular flexibility index (Phi) is 6.93. The number of ether oxygens (including phenoxy) is 1. The predicted octanol–water partition coefficient (Wildman–Crippen LogP) is 4.03. The molecule has 1 aromatic heterocycles. The molecule has 0 N–H and O–H groups in total. The summed E-state index contributed by atoms with van der Waals surface area (Å²) in [7, 11) is 3.48. The highest BCUT2D eigenvalue weighted by Crippen LogP contribution is 2.25. The van der Waals surface area contributed by atoms with Gasteiger partial charge in [-0.2, -0.15) is 0 Å². The van der Waals surface area contributed by atoms with Gasteiger partial charge in [-0.3, -0.25) is 4.79 Å². The summed E-state index contributed by atoms with van der Waals surface area (Å²) in [5.74, 6) is 1.98. The molecule has 1 heterocycles. The van der Waals surface area contributed by atoms with E-state index in [1.54, 1.807) is 12.0 Å². The average molecular weight is 411 g/mol. The lowest BCUT2D eigenvalue weighted by Gasteiger charge is -2.18. The maximum absolute atomic E-state index is 12.6. The number of carbonyl (C=O) groups is 1. The SMILES string of the molecule is CCn1c(SCC(=O)N(C)Cc2ccccc2C)nnc1-c1ccc(OC)cc1. The first-order valence-electron chi connectivity index (χ1n) is 9.52. The van der Waals surface area contributed by atoms with Gasteiger partial charge >= 0.3 is 0 Å². The van der Waals surface area contributed by atoms with Gasteiger partial charge in [0.25, 0.3) is 0 Å². The van der Waals surface area contributed by atoms with Crippen LogP contribution in [0.2, 0.25) is 0 Å². The summed E-state index contributed by atoms with van der Waals surface area (Å²) in [6, 6.07) is 15.9. The van der Waals surface area contributed by atoms with Crippen molar-refractivity contribution in [2.75, 3.05) is 19.9 Å². The van der Waals surface area contributed by atoms with Gasteiger partial charge in [0.15, 0.2) is 11.0 Å². The number of amides is 1. The molecule has 7 heteroatoms. The van der Waals surface area contributed by atoms with Crippen LogP contribution in [-0.2, 0) is 17.9 Å². The molecule has 1 amide bonds. The van der Waals surface area contributed by atoms with Crippen molar-refractivity contribution in [3.05, 3.63) is 59.7 Å². The van der Waals surface area contributed by atoms with Crippen molar-refractivity contribution >= 4 is 17.7 Å². The van der Waals surface area contributed by atoms with Crippen LogP contribution in [0.25, 0.3) is 11.4 Å². The lowest BCUT2D eigenvalue weighted by molar-refractivity contribution is -0.127.